The lowest BCUT2D eigenvalue weighted by Gasteiger charge is -2.20. The van der Waals surface area contributed by atoms with Gasteiger partial charge in [-0.1, -0.05) is 32.0 Å². The third-order valence-corrected chi connectivity index (χ3v) is 6.27. The normalized spacial score (nSPS) is 12.6. The number of hydrogen-bond donors (Lipinski definition) is 2. The fourth-order valence-corrected chi connectivity index (χ4v) is 4.64. The van der Waals surface area contributed by atoms with Gasteiger partial charge in [0.2, 0.25) is 0 Å². The van der Waals surface area contributed by atoms with Crippen LogP contribution in [0.4, 0.5) is 0 Å². The Balaban J connectivity index is 2.24. The topological polar surface area (TPSA) is 85.1 Å². The maximum atomic E-state index is 12.8. The van der Waals surface area contributed by atoms with E-state index in [0.29, 0.717) is 11.3 Å². The van der Waals surface area contributed by atoms with Crippen LogP contribution in [0.5, 0.6) is 0 Å². The highest BCUT2D eigenvalue weighted by Crippen LogP contribution is 2.24. The molecule has 0 unspecified atom stereocenters. The molecule has 0 fully saturated rings. The lowest BCUT2D eigenvalue weighted by Crippen LogP contribution is -3.06. The predicted molar refractivity (Wildman–Crippen MR) is 116 cm³/mol. The second-order valence-electron chi connectivity index (χ2n) is 7.78. The summed E-state index contributed by atoms with van der Waals surface area (Å²) in [4.78, 5) is 29.1. The zero-order chi connectivity index (χ0) is 21.7. The van der Waals surface area contributed by atoms with Gasteiger partial charge in [0.1, 0.15) is 6.04 Å². The Bertz CT molecular complexity index is 869. The van der Waals surface area contributed by atoms with Gasteiger partial charge in [0.15, 0.2) is 22.5 Å². The van der Waals surface area contributed by atoms with Crippen LogP contribution in [0, 0.1) is 13.8 Å². The molecule has 0 aliphatic carbocycles. The van der Waals surface area contributed by atoms with E-state index in [0.717, 1.165) is 48.0 Å². The van der Waals surface area contributed by atoms with Gasteiger partial charge in [0.25, 0.3) is 0 Å². The van der Waals surface area contributed by atoms with Crippen LogP contribution in [0.1, 0.15) is 84.0 Å². The fourth-order valence-electron chi connectivity index (χ4n) is 3.80. The second kappa shape index (κ2) is 10.2. The highest BCUT2D eigenvalue weighted by atomic mass is 32.2. The van der Waals surface area contributed by atoms with E-state index in [9.17, 15) is 9.59 Å². The summed E-state index contributed by atoms with van der Waals surface area (Å²) in [6.07, 6.45) is 3.11. The highest BCUT2D eigenvalue weighted by Gasteiger charge is 2.26. The van der Waals surface area contributed by atoms with Crippen LogP contribution >= 0.6 is 11.8 Å². The highest BCUT2D eigenvalue weighted by molar-refractivity contribution is 7.99. The first kappa shape index (κ1) is 23.3. The van der Waals surface area contributed by atoms with Crippen LogP contribution in [-0.2, 0) is 6.54 Å². The standard InChI is InChI=1S/C21H33N5O2S/c1-8-10-11-26-20(16(9-2)25(6)7)23-24-21(26)29-12-17(28)19-13(3)18(15(5)27)14(4)22-19/h16,22H,8-12H2,1-7H3/p+1/t16-/m1/s1. The van der Waals surface area contributed by atoms with Crippen molar-refractivity contribution in [1.29, 1.82) is 0 Å². The summed E-state index contributed by atoms with van der Waals surface area (Å²) in [5.41, 5.74) is 2.61. The Morgan fingerprint density at radius 2 is 1.90 bits per heavy atom. The van der Waals surface area contributed by atoms with Crippen molar-refractivity contribution in [2.45, 2.75) is 71.6 Å². The number of carbonyl (C=O) groups excluding carboxylic acids is 2. The Morgan fingerprint density at radius 3 is 2.41 bits per heavy atom. The number of quaternary nitrogens is 1. The number of thioether (sulfide) groups is 1. The minimum Gasteiger partial charge on any atom is -0.355 e. The molecule has 0 aromatic carbocycles. The van der Waals surface area contributed by atoms with E-state index in [1.165, 1.54) is 23.6 Å². The van der Waals surface area contributed by atoms with Gasteiger partial charge in [-0.15, -0.1) is 10.2 Å². The molecule has 2 aromatic rings. The summed E-state index contributed by atoms with van der Waals surface area (Å²) in [5, 5.41) is 9.67. The van der Waals surface area contributed by atoms with E-state index in [1.54, 1.807) is 0 Å². The average molecular weight is 421 g/mol. The van der Waals surface area contributed by atoms with Crippen molar-refractivity contribution in [1.82, 2.24) is 19.7 Å². The number of H-pyrrole nitrogens is 1. The summed E-state index contributed by atoms with van der Waals surface area (Å²) in [5.74, 6) is 1.19. The molecule has 0 saturated heterocycles. The quantitative estimate of drug-likeness (QED) is 0.431. The van der Waals surface area contributed by atoms with Crippen LogP contribution in [0.3, 0.4) is 0 Å². The first-order valence-corrected chi connectivity index (χ1v) is 11.3. The van der Waals surface area contributed by atoms with Crippen molar-refractivity contribution in [3.63, 3.8) is 0 Å². The zero-order valence-corrected chi connectivity index (χ0v) is 19.5. The van der Waals surface area contributed by atoms with Crippen molar-refractivity contribution < 1.29 is 14.5 Å². The molecule has 0 spiro atoms. The molecule has 2 aromatic heterocycles. The van der Waals surface area contributed by atoms with Crippen LogP contribution < -0.4 is 4.90 Å². The van der Waals surface area contributed by atoms with Gasteiger partial charge in [0.05, 0.1) is 25.5 Å². The van der Waals surface area contributed by atoms with E-state index < -0.39 is 0 Å². The number of unbranched alkanes of at least 4 members (excludes halogenated alkanes) is 1. The smallest absolute Gasteiger partial charge is 0.192 e. The molecular formula is C21H34N5O2S+. The number of nitrogens with one attached hydrogen (secondary N) is 2. The van der Waals surface area contributed by atoms with Gasteiger partial charge in [-0.25, -0.2) is 0 Å². The Morgan fingerprint density at radius 1 is 1.21 bits per heavy atom. The van der Waals surface area contributed by atoms with Crippen molar-refractivity contribution >= 4 is 23.3 Å². The zero-order valence-electron chi connectivity index (χ0n) is 18.7. The third-order valence-electron chi connectivity index (χ3n) is 5.30. The minimum absolute atomic E-state index is 0.0244. The molecule has 8 heteroatoms. The summed E-state index contributed by atoms with van der Waals surface area (Å²) in [7, 11) is 4.26. The fraction of sp³-hybridized carbons (Fsp3) is 0.619. The number of aryl methyl sites for hydroxylation is 1. The number of rotatable bonds is 11. The maximum absolute atomic E-state index is 12.8. The maximum Gasteiger partial charge on any atom is 0.192 e. The first-order valence-electron chi connectivity index (χ1n) is 10.3. The van der Waals surface area contributed by atoms with Gasteiger partial charge < -0.3 is 14.5 Å². The molecule has 0 bridgehead atoms. The van der Waals surface area contributed by atoms with Gasteiger partial charge in [-0.2, -0.15) is 0 Å². The first-order chi connectivity index (χ1) is 13.7. The molecule has 0 aliphatic heterocycles. The molecule has 0 saturated carbocycles. The van der Waals surface area contributed by atoms with E-state index in [2.05, 4.69) is 47.7 Å². The predicted octanol–water partition coefficient (Wildman–Crippen LogP) is 2.80. The van der Waals surface area contributed by atoms with Crippen molar-refractivity contribution in [3.8, 4) is 0 Å². The van der Waals surface area contributed by atoms with Gasteiger partial charge >= 0.3 is 0 Å². The number of Topliss-reactive ketones (excluding diaryl/α,β-unsaturated/α-hetero) is 2. The summed E-state index contributed by atoms with van der Waals surface area (Å²) in [6.45, 7) is 10.4. The summed E-state index contributed by atoms with van der Waals surface area (Å²) in [6, 6.07) is 0.274. The largest absolute Gasteiger partial charge is 0.355 e. The van der Waals surface area contributed by atoms with Crippen LogP contribution in [0.15, 0.2) is 5.16 Å². The Labute approximate surface area is 177 Å². The Hall–Kier alpha value is -1.93. The number of carbonyl (C=O) groups is 2. The monoisotopic (exact) mass is 420 g/mol. The van der Waals surface area contributed by atoms with Crippen molar-refractivity contribution in [2.24, 2.45) is 0 Å². The van der Waals surface area contributed by atoms with E-state index in [-0.39, 0.29) is 23.4 Å². The molecule has 2 N–H and O–H groups in total. The summed E-state index contributed by atoms with van der Waals surface area (Å²) < 4.78 is 2.18. The van der Waals surface area contributed by atoms with Crippen LogP contribution in [-0.4, -0.2) is 51.2 Å². The summed E-state index contributed by atoms with van der Waals surface area (Å²) >= 11 is 1.42. The van der Waals surface area contributed by atoms with Gasteiger partial charge in [-0.3, -0.25) is 9.59 Å². The van der Waals surface area contributed by atoms with Crippen molar-refractivity contribution in [3.05, 3.63) is 28.3 Å². The molecule has 0 radical (unpaired) electrons. The number of aromatic amines is 1. The number of nitrogens with zero attached hydrogens (tertiary/aromatic N) is 3. The SMILES string of the molecule is CCCCn1c(SCC(=O)c2[nH]c(C)c(C(C)=O)c2C)nnc1[C@@H](CC)[NH+](C)C. The van der Waals surface area contributed by atoms with Crippen LogP contribution in [0.25, 0.3) is 0 Å². The number of ketones is 2. The van der Waals surface area contributed by atoms with Gasteiger partial charge in [-0.05, 0) is 32.8 Å². The molecule has 0 amide bonds. The molecule has 160 valence electrons. The van der Waals surface area contributed by atoms with Crippen molar-refractivity contribution in [2.75, 3.05) is 19.8 Å². The van der Waals surface area contributed by atoms with E-state index >= 15 is 0 Å². The molecule has 7 nitrogen and oxygen atoms in total. The minimum atomic E-state index is -0.0278. The molecule has 29 heavy (non-hydrogen) atoms. The lowest BCUT2D eigenvalue weighted by molar-refractivity contribution is -0.893. The molecule has 1 atom stereocenters. The van der Waals surface area contributed by atoms with Crippen LogP contribution in [0.2, 0.25) is 0 Å². The third kappa shape index (κ3) is 5.17. The Kier molecular flexibility index (Phi) is 8.22. The number of hydrogen-bond acceptors (Lipinski definition) is 5. The molecule has 2 heterocycles. The molecular weight excluding hydrogens is 386 g/mol. The second-order valence-corrected chi connectivity index (χ2v) is 8.72. The average Bonchev–Trinajstić information content (AvgIpc) is 3.18. The molecule has 2 rings (SSSR count). The number of aromatic nitrogens is 4. The van der Waals surface area contributed by atoms with E-state index in [1.807, 2.05) is 13.8 Å². The van der Waals surface area contributed by atoms with Gasteiger partial charge in [0, 0.05) is 24.2 Å². The lowest BCUT2D eigenvalue weighted by atomic mass is 10.1. The molecule has 0 aliphatic rings. The van der Waals surface area contributed by atoms with E-state index in [4.69, 9.17) is 0 Å².